The van der Waals surface area contributed by atoms with Crippen molar-refractivity contribution in [2.24, 2.45) is 0 Å². The molecule has 2 nitrogen and oxygen atoms in total. The average Bonchev–Trinajstić information content (AvgIpc) is 2.94. The van der Waals surface area contributed by atoms with Gasteiger partial charge in [0.1, 0.15) is 0 Å². The first-order chi connectivity index (χ1) is 11.9. The van der Waals surface area contributed by atoms with Crippen LogP contribution in [0.5, 0.6) is 0 Å². The zero-order valence-electron chi connectivity index (χ0n) is 13.3. The second kappa shape index (κ2) is 5.99. The molecule has 0 saturated carbocycles. The molecule has 0 saturated heterocycles. The van der Waals surface area contributed by atoms with Crippen molar-refractivity contribution in [3.05, 3.63) is 64.3 Å². The summed E-state index contributed by atoms with van der Waals surface area (Å²) in [7, 11) is 0. The minimum absolute atomic E-state index is 0.0478. The molecule has 2 aromatic carbocycles. The van der Waals surface area contributed by atoms with Crippen molar-refractivity contribution in [1.82, 2.24) is 4.98 Å². The molecule has 0 amide bonds. The fraction of sp³-hybridized carbons (Fsp3) is 0.263. The number of rotatable bonds is 2. The first-order valence-corrected chi connectivity index (χ1v) is 8.53. The Morgan fingerprint density at radius 3 is 2.56 bits per heavy atom. The van der Waals surface area contributed by atoms with Crippen molar-refractivity contribution < 1.29 is 13.2 Å². The second-order valence-electron chi connectivity index (χ2n) is 6.37. The molecule has 1 unspecified atom stereocenters. The summed E-state index contributed by atoms with van der Waals surface area (Å²) in [6, 6.07) is 11.0. The van der Waals surface area contributed by atoms with Crippen LogP contribution in [0.15, 0.2) is 42.5 Å². The molecule has 25 heavy (non-hydrogen) atoms. The molecule has 130 valence electrons. The summed E-state index contributed by atoms with van der Waals surface area (Å²) in [5, 5.41) is 5.19. The number of aromatic amines is 1. The molecule has 0 spiro atoms. The van der Waals surface area contributed by atoms with Crippen LogP contribution in [-0.4, -0.2) is 4.98 Å². The van der Waals surface area contributed by atoms with Crippen molar-refractivity contribution >= 4 is 28.2 Å². The Morgan fingerprint density at radius 2 is 1.84 bits per heavy atom. The Balaban J connectivity index is 1.64. The molecule has 0 aliphatic heterocycles. The number of aromatic nitrogens is 1. The average molecular weight is 365 g/mol. The van der Waals surface area contributed by atoms with Crippen LogP contribution >= 0.6 is 11.6 Å². The number of anilines is 1. The van der Waals surface area contributed by atoms with E-state index in [1.54, 1.807) is 0 Å². The minimum atomic E-state index is -4.31. The molecule has 3 aromatic rings. The van der Waals surface area contributed by atoms with E-state index in [0.717, 1.165) is 48.0 Å². The number of benzene rings is 2. The highest BCUT2D eigenvalue weighted by Gasteiger charge is 2.30. The monoisotopic (exact) mass is 364 g/mol. The van der Waals surface area contributed by atoms with Gasteiger partial charge in [0.05, 0.1) is 11.6 Å². The molecule has 0 fully saturated rings. The number of hydrogen-bond donors (Lipinski definition) is 2. The van der Waals surface area contributed by atoms with Crippen LogP contribution < -0.4 is 5.32 Å². The Labute approximate surface area is 148 Å². The highest BCUT2D eigenvalue weighted by Crippen LogP contribution is 2.38. The maximum absolute atomic E-state index is 12.7. The van der Waals surface area contributed by atoms with Crippen LogP contribution in [0.3, 0.4) is 0 Å². The van der Waals surface area contributed by atoms with Crippen molar-refractivity contribution in [2.75, 3.05) is 5.32 Å². The number of aryl methyl sites for hydroxylation is 1. The van der Waals surface area contributed by atoms with Crippen LogP contribution in [0.25, 0.3) is 10.9 Å². The van der Waals surface area contributed by atoms with Gasteiger partial charge in [-0.2, -0.15) is 13.2 Å². The molecule has 0 radical (unpaired) electrons. The number of fused-ring (bicyclic) bond motifs is 3. The van der Waals surface area contributed by atoms with Crippen LogP contribution in [-0.2, 0) is 12.6 Å². The van der Waals surface area contributed by atoms with Gasteiger partial charge in [0.15, 0.2) is 0 Å². The number of halogens is 4. The second-order valence-corrected chi connectivity index (χ2v) is 6.81. The van der Waals surface area contributed by atoms with Gasteiger partial charge < -0.3 is 10.3 Å². The van der Waals surface area contributed by atoms with Crippen molar-refractivity contribution in [2.45, 2.75) is 31.5 Å². The van der Waals surface area contributed by atoms with Gasteiger partial charge in [0.2, 0.25) is 0 Å². The van der Waals surface area contributed by atoms with Gasteiger partial charge in [0, 0.05) is 27.3 Å². The number of nitrogens with one attached hydrogen (secondary N) is 2. The van der Waals surface area contributed by atoms with E-state index in [0.29, 0.717) is 10.7 Å². The fourth-order valence-electron chi connectivity index (χ4n) is 3.54. The van der Waals surface area contributed by atoms with Gasteiger partial charge >= 0.3 is 6.18 Å². The third-order valence-corrected chi connectivity index (χ3v) is 4.96. The highest BCUT2D eigenvalue weighted by atomic mass is 35.5. The lowest BCUT2D eigenvalue weighted by Gasteiger charge is -2.25. The zero-order valence-corrected chi connectivity index (χ0v) is 14.0. The molecular formula is C19H16ClF3N2. The summed E-state index contributed by atoms with van der Waals surface area (Å²) in [5.74, 6) is 0. The maximum Gasteiger partial charge on any atom is 0.416 e. The van der Waals surface area contributed by atoms with E-state index in [9.17, 15) is 13.2 Å². The van der Waals surface area contributed by atoms with Crippen molar-refractivity contribution in [3.63, 3.8) is 0 Å². The topological polar surface area (TPSA) is 27.8 Å². The van der Waals surface area contributed by atoms with Gasteiger partial charge in [-0.1, -0.05) is 11.6 Å². The zero-order chi connectivity index (χ0) is 17.6. The third kappa shape index (κ3) is 3.09. The number of alkyl halides is 3. The van der Waals surface area contributed by atoms with Gasteiger partial charge in [-0.05, 0) is 67.3 Å². The summed E-state index contributed by atoms with van der Waals surface area (Å²) in [6.07, 6.45) is -1.40. The molecule has 4 rings (SSSR count). The SMILES string of the molecule is FC(F)(F)c1ccc(NC2CCCc3c2[nH]c2ccc(Cl)cc32)cc1. The lowest BCUT2D eigenvalue weighted by atomic mass is 9.91. The number of hydrogen-bond acceptors (Lipinski definition) is 1. The van der Waals surface area contributed by atoms with E-state index in [1.165, 1.54) is 17.7 Å². The van der Waals surface area contributed by atoms with E-state index in [4.69, 9.17) is 11.6 Å². The summed E-state index contributed by atoms with van der Waals surface area (Å²) in [4.78, 5) is 3.45. The van der Waals surface area contributed by atoms with Gasteiger partial charge in [-0.25, -0.2) is 0 Å². The summed E-state index contributed by atoms with van der Waals surface area (Å²) in [5.41, 5.74) is 3.43. The molecule has 1 aromatic heterocycles. The molecule has 1 aliphatic carbocycles. The summed E-state index contributed by atoms with van der Waals surface area (Å²) in [6.45, 7) is 0. The Hall–Kier alpha value is -2.14. The lowest BCUT2D eigenvalue weighted by molar-refractivity contribution is -0.137. The molecule has 2 N–H and O–H groups in total. The summed E-state index contributed by atoms with van der Waals surface area (Å²) < 4.78 is 38.1. The van der Waals surface area contributed by atoms with Gasteiger partial charge in [0.25, 0.3) is 0 Å². The first kappa shape index (κ1) is 16.3. The predicted octanol–water partition coefficient (Wildman–Crippen LogP) is 6.33. The smallest absolute Gasteiger partial charge is 0.377 e. The first-order valence-electron chi connectivity index (χ1n) is 8.15. The largest absolute Gasteiger partial charge is 0.416 e. The molecule has 1 aliphatic rings. The normalized spacial score (nSPS) is 17.5. The van der Waals surface area contributed by atoms with E-state index in [1.807, 2.05) is 18.2 Å². The van der Waals surface area contributed by atoms with E-state index in [-0.39, 0.29) is 6.04 Å². The lowest BCUT2D eigenvalue weighted by Crippen LogP contribution is -2.17. The highest BCUT2D eigenvalue weighted by molar-refractivity contribution is 6.31. The Morgan fingerprint density at radius 1 is 1.08 bits per heavy atom. The predicted molar refractivity (Wildman–Crippen MR) is 94.1 cm³/mol. The molecular weight excluding hydrogens is 349 g/mol. The minimum Gasteiger partial charge on any atom is -0.377 e. The molecule has 1 atom stereocenters. The summed E-state index contributed by atoms with van der Waals surface area (Å²) >= 11 is 6.11. The van der Waals surface area contributed by atoms with Gasteiger partial charge in [-0.3, -0.25) is 0 Å². The van der Waals surface area contributed by atoms with E-state index in [2.05, 4.69) is 10.3 Å². The third-order valence-electron chi connectivity index (χ3n) is 4.72. The molecule has 0 bridgehead atoms. The van der Waals surface area contributed by atoms with Crippen LogP contribution in [0.1, 0.15) is 35.7 Å². The standard InChI is InChI=1S/C19H16ClF3N2/c20-12-6-9-16-15(10-12)14-2-1-3-17(18(14)25-16)24-13-7-4-11(5-8-13)19(21,22)23/h4-10,17,24-25H,1-3H2. The van der Waals surface area contributed by atoms with E-state index < -0.39 is 11.7 Å². The van der Waals surface area contributed by atoms with Crippen LogP contribution in [0, 0.1) is 0 Å². The quantitative estimate of drug-likeness (QED) is 0.546. The van der Waals surface area contributed by atoms with Crippen molar-refractivity contribution in [3.8, 4) is 0 Å². The Kier molecular flexibility index (Phi) is 3.91. The van der Waals surface area contributed by atoms with Crippen LogP contribution in [0.2, 0.25) is 5.02 Å². The van der Waals surface area contributed by atoms with Gasteiger partial charge in [-0.15, -0.1) is 0 Å². The van der Waals surface area contributed by atoms with Crippen molar-refractivity contribution in [1.29, 1.82) is 0 Å². The Bertz CT molecular complexity index is 913. The molecule has 1 heterocycles. The van der Waals surface area contributed by atoms with E-state index >= 15 is 0 Å². The van der Waals surface area contributed by atoms with Crippen LogP contribution in [0.4, 0.5) is 18.9 Å². The maximum atomic E-state index is 12.7. The fourth-order valence-corrected chi connectivity index (χ4v) is 3.71. The number of H-pyrrole nitrogens is 1. The molecule has 6 heteroatoms.